The number of aromatic nitrogens is 1. The van der Waals surface area contributed by atoms with E-state index in [0.29, 0.717) is 12.1 Å². The van der Waals surface area contributed by atoms with Gasteiger partial charge < -0.3 is 37.2 Å². The van der Waals surface area contributed by atoms with E-state index in [2.05, 4.69) is 15.0 Å². The second kappa shape index (κ2) is 15.3. The third-order valence-corrected chi connectivity index (χ3v) is 1.80. The van der Waals surface area contributed by atoms with Crippen molar-refractivity contribution in [1.82, 2.24) is 4.98 Å². The van der Waals surface area contributed by atoms with Crippen molar-refractivity contribution in [2.75, 3.05) is 0 Å². The minimum absolute atomic E-state index is 0. The summed E-state index contributed by atoms with van der Waals surface area (Å²) in [6.45, 7) is 8.17. The number of rotatable bonds is 4. The summed E-state index contributed by atoms with van der Waals surface area (Å²) in [5.41, 5.74) is 1.75. The van der Waals surface area contributed by atoms with E-state index in [-0.39, 0.29) is 54.0 Å². The maximum atomic E-state index is 4.42. The fourth-order valence-corrected chi connectivity index (χ4v) is 1.06. The van der Waals surface area contributed by atoms with E-state index in [0.717, 1.165) is 11.4 Å². The van der Waals surface area contributed by atoms with Crippen molar-refractivity contribution >= 4 is 12.4 Å². The summed E-state index contributed by atoms with van der Waals surface area (Å²) in [6, 6.07) is 6.46. The molecule has 1 aromatic rings. The predicted molar refractivity (Wildman–Crippen MR) is 69.7 cm³/mol. The zero-order chi connectivity index (χ0) is 12.0. The SMILES string of the molecule is CC(C)N=Cc1cccc(C=NC(C)C)n1.[Cl-].[Cl-].[Cl-].[Co+3]. The van der Waals surface area contributed by atoms with Crippen molar-refractivity contribution in [3.63, 3.8) is 0 Å². The van der Waals surface area contributed by atoms with Crippen LogP contribution >= 0.6 is 0 Å². The van der Waals surface area contributed by atoms with E-state index in [1.54, 1.807) is 12.4 Å². The van der Waals surface area contributed by atoms with Crippen LogP contribution in [0.5, 0.6) is 0 Å². The van der Waals surface area contributed by atoms with E-state index in [9.17, 15) is 0 Å². The van der Waals surface area contributed by atoms with Gasteiger partial charge in [0.05, 0.1) is 11.4 Å². The number of aliphatic imine (C=N–C) groups is 2. The Morgan fingerprint density at radius 2 is 1.20 bits per heavy atom. The molecular weight excluding hydrogens is 363 g/mol. The van der Waals surface area contributed by atoms with Gasteiger partial charge in [0.25, 0.3) is 0 Å². The normalized spacial score (nSPS) is 9.90. The second-order valence-corrected chi connectivity index (χ2v) is 4.23. The number of hydrogen-bond donors (Lipinski definition) is 0. The first-order chi connectivity index (χ1) is 7.58. The van der Waals surface area contributed by atoms with Crippen molar-refractivity contribution < 1.29 is 54.0 Å². The van der Waals surface area contributed by atoms with E-state index < -0.39 is 0 Å². The molecule has 0 saturated carbocycles. The molecule has 1 heterocycles. The Morgan fingerprint density at radius 1 is 0.850 bits per heavy atom. The van der Waals surface area contributed by atoms with Gasteiger partial charge in [0.15, 0.2) is 0 Å². The Kier molecular flexibility index (Phi) is 21.4. The maximum absolute atomic E-state index is 4.42. The molecule has 0 radical (unpaired) electrons. The van der Waals surface area contributed by atoms with Gasteiger partial charge in [0.2, 0.25) is 0 Å². The van der Waals surface area contributed by atoms with E-state index in [4.69, 9.17) is 0 Å². The first-order valence-corrected chi connectivity index (χ1v) is 5.61. The summed E-state index contributed by atoms with van der Waals surface area (Å²) in [5.74, 6) is 0. The molecule has 7 heteroatoms. The Morgan fingerprint density at radius 3 is 1.50 bits per heavy atom. The van der Waals surface area contributed by atoms with Crippen LogP contribution in [0.15, 0.2) is 28.2 Å². The molecule has 0 saturated heterocycles. The third kappa shape index (κ3) is 12.9. The zero-order valence-electron chi connectivity index (χ0n) is 11.9. The molecule has 0 fully saturated rings. The van der Waals surface area contributed by atoms with Crippen LogP contribution in [0.1, 0.15) is 39.1 Å². The number of pyridine rings is 1. The molecular formula is C13H19Cl3CoN3. The van der Waals surface area contributed by atoms with Gasteiger partial charge >= 0.3 is 16.8 Å². The molecule has 0 bridgehead atoms. The van der Waals surface area contributed by atoms with Crippen LogP contribution in [0.2, 0.25) is 0 Å². The van der Waals surface area contributed by atoms with Crippen LogP contribution < -0.4 is 37.2 Å². The molecule has 1 rings (SSSR count). The smallest absolute Gasteiger partial charge is 1.00 e. The van der Waals surface area contributed by atoms with Crippen molar-refractivity contribution in [1.29, 1.82) is 0 Å². The molecule has 0 atom stereocenters. The van der Waals surface area contributed by atoms with Crippen molar-refractivity contribution in [2.24, 2.45) is 9.98 Å². The van der Waals surface area contributed by atoms with Crippen LogP contribution in [0, 0.1) is 0 Å². The van der Waals surface area contributed by atoms with Crippen LogP contribution in [0.25, 0.3) is 0 Å². The quantitative estimate of drug-likeness (QED) is 0.478. The average molecular weight is 383 g/mol. The van der Waals surface area contributed by atoms with Gasteiger partial charge in [-0.3, -0.25) is 9.98 Å². The second-order valence-electron chi connectivity index (χ2n) is 4.23. The number of halogens is 3. The fourth-order valence-electron chi connectivity index (χ4n) is 1.06. The molecule has 0 spiro atoms. The summed E-state index contributed by atoms with van der Waals surface area (Å²) in [5, 5.41) is 0. The third-order valence-electron chi connectivity index (χ3n) is 1.80. The molecule has 0 aliphatic rings. The van der Waals surface area contributed by atoms with Crippen molar-refractivity contribution in [3.8, 4) is 0 Å². The summed E-state index contributed by atoms with van der Waals surface area (Å²) < 4.78 is 0. The van der Waals surface area contributed by atoms with E-state index >= 15 is 0 Å². The molecule has 0 aromatic carbocycles. The Hall–Kier alpha value is -0.134. The summed E-state index contributed by atoms with van der Waals surface area (Å²) in [7, 11) is 0. The molecule has 3 nitrogen and oxygen atoms in total. The van der Waals surface area contributed by atoms with Gasteiger partial charge in [-0.25, -0.2) is 4.98 Å². The summed E-state index contributed by atoms with van der Waals surface area (Å²) >= 11 is 0. The molecule has 20 heavy (non-hydrogen) atoms. The minimum atomic E-state index is 0. The predicted octanol–water partition coefficient (Wildman–Crippen LogP) is -6.25. The molecule has 0 N–H and O–H groups in total. The maximum Gasteiger partial charge on any atom is 3.00 e. The molecule has 1 aromatic heterocycles. The molecule has 0 aliphatic heterocycles. The van der Waals surface area contributed by atoms with Gasteiger partial charge in [-0.1, -0.05) is 6.07 Å². The Balaban J connectivity index is -0.000000320. The van der Waals surface area contributed by atoms with Crippen LogP contribution in [-0.2, 0) is 16.8 Å². The van der Waals surface area contributed by atoms with Crippen molar-refractivity contribution in [2.45, 2.75) is 39.8 Å². The average Bonchev–Trinajstić information content (AvgIpc) is 2.24. The number of nitrogens with zero attached hydrogens (tertiary/aromatic N) is 3. The van der Waals surface area contributed by atoms with Gasteiger partial charge in [0.1, 0.15) is 0 Å². The summed E-state index contributed by atoms with van der Waals surface area (Å²) in [6.07, 6.45) is 3.61. The molecule has 0 unspecified atom stereocenters. The zero-order valence-corrected chi connectivity index (χ0v) is 15.2. The van der Waals surface area contributed by atoms with Crippen LogP contribution in [0.4, 0.5) is 0 Å². The number of hydrogen-bond acceptors (Lipinski definition) is 3. The summed E-state index contributed by atoms with van der Waals surface area (Å²) in [4.78, 5) is 13.0. The largest absolute Gasteiger partial charge is 3.00 e. The van der Waals surface area contributed by atoms with Gasteiger partial charge in [-0.2, -0.15) is 0 Å². The first kappa shape index (κ1) is 28.1. The minimum Gasteiger partial charge on any atom is -1.00 e. The topological polar surface area (TPSA) is 37.6 Å². The monoisotopic (exact) mass is 381 g/mol. The molecule has 116 valence electrons. The van der Waals surface area contributed by atoms with Crippen LogP contribution in [-0.4, -0.2) is 29.5 Å². The Labute approximate surface area is 150 Å². The van der Waals surface area contributed by atoms with E-state index in [1.807, 2.05) is 45.9 Å². The standard InChI is InChI=1S/C13H19N3.3ClH.Co/c1-10(2)14-8-12-6-5-7-13(16-12)9-15-11(3)4;;;;/h5-11H,1-4H3;3*1H;/q;;;;+3/p-3. The van der Waals surface area contributed by atoms with Gasteiger partial charge in [-0.05, 0) is 39.8 Å². The van der Waals surface area contributed by atoms with E-state index in [1.165, 1.54) is 0 Å². The van der Waals surface area contributed by atoms with Gasteiger partial charge in [0, 0.05) is 24.5 Å². The van der Waals surface area contributed by atoms with Crippen molar-refractivity contribution in [3.05, 3.63) is 29.6 Å². The fraction of sp³-hybridized carbons (Fsp3) is 0.462. The first-order valence-electron chi connectivity index (χ1n) is 5.61. The Bertz CT molecular complexity index is 363. The molecule has 0 aliphatic carbocycles. The molecule has 0 amide bonds. The van der Waals surface area contributed by atoms with Gasteiger partial charge in [-0.15, -0.1) is 0 Å². The van der Waals surface area contributed by atoms with Crippen LogP contribution in [0.3, 0.4) is 0 Å².